The number of rotatable bonds is 3. The topological polar surface area (TPSA) is 96.2 Å². The molecule has 3 aromatic heterocycles. The van der Waals surface area contributed by atoms with Crippen molar-refractivity contribution in [1.29, 1.82) is 0 Å². The van der Waals surface area contributed by atoms with Crippen molar-refractivity contribution in [3.63, 3.8) is 0 Å². The molecule has 0 spiro atoms. The van der Waals surface area contributed by atoms with Crippen LogP contribution < -0.4 is 21.3 Å². The van der Waals surface area contributed by atoms with Crippen LogP contribution in [0.2, 0.25) is 0 Å². The molecule has 0 radical (unpaired) electrons. The lowest BCUT2D eigenvalue weighted by molar-refractivity contribution is 0.0938. The highest BCUT2D eigenvalue weighted by Gasteiger charge is 2.25. The molecular weight excluding hydrogens is 396 g/mol. The van der Waals surface area contributed by atoms with E-state index in [-0.39, 0.29) is 11.9 Å². The van der Waals surface area contributed by atoms with E-state index in [1.165, 1.54) is 22.6 Å². The largest absolute Gasteiger partial charge is 0.397 e. The molecule has 7 nitrogen and oxygen atoms in total. The zero-order chi connectivity index (χ0) is 20.7. The molecule has 1 atom stereocenters. The smallest absolute Gasteiger partial charge is 0.263 e. The number of piperazine rings is 1. The summed E-state index contributed by atoms with van der Waals surface area (Å²) in [5.41, 5.74) is 11.3. The second-order valence-electron chi connectivity index (χ2n) is 8.10. The summed E-state index contributed by atoms with van der Waals surface area (Å²) in [6.07, 6.45) is 4.57. The summed E-state index contributed by atoms with van der Waals surface area (Å²) in [5.74, 6) is -0.112. The van der Waals surface area contributed by atoms with Crippen LogP contribution in [0.5, 0.6) is 0 Å². The Kier molecular flexibility index (Phi) is 5.04. The lowest BCUT2D eigenvalue weighted by Gasteiger charge is -2.31. The van der Waals surface area contributed by atoms with Gasteiger partial charge in [0.05, 0.1) is 17.6 Å². The number of nitrogens with two attached hydrogens (primary N) is 1. The number of aryl methyl sites for hydroxylation is 2. The van der Waals surface area contributed by atoms with Crippen LogP contribution in [0.25, 0.3) is 10.2 Å². The zero-order valence-corrected chi connectivity index (χ0v) is 17.9. The minimum absolute atomic E-state index is 0.0712. The van der Waals surface area contributed by atoms with Gasteiger partial charge < -0.3 is 21.3 Å². The summed E-state index contributed by atoms with van der Waals surface area (Å²) >= 11 is 1.36. The van der Waals surface area contributed by atoms with Gasteiger partial charge in [-0.2, -0.15) is 0 Å². The number of thiophene rings is 1. The summed E-state index contributed by atoms with van der Waals surface area (Å²) in [5, 5.41) is 7.41. The number of carbonyl (C=O) groups is 1. The van der Waals surface area contributed by atoms with Gasteiger partial charge in [0.2, 0.25) is 0 Å². The molecule has 156 valence electrons. The maximum absolute atomic E-state index is 12.9. The number of pyridine rings is 2. The van der Waals surface area contributed by atoms with Crippen LogP contribution in [0.3, 0.4) is 0 Å². The van der Waals surface area contributed by atoms with Crippen molar-refractivity contribution < 1.29 is 4.79 Å². The van der Waals surface area contributed by atoms with Crippen molar-refractivity contribution in [3.8, 4) is 0 Å². The van der Waals surface area contributed by atoms with Crippen molar-refractivity contribution in [2.45, 2.75) is 32.2 Å². The zero-order valence-electron chi connectivity index (χ0n) is 17.1. The number of nitrogens with zero attached hydrogens (tertiary/aromatic N) is 3. The number of fused-ring (bicyclic) bond motifs is 2. The fraction of sp³-hybridized carbons (Fsp3) is 0.409. The van der Waals surface area contributed by atoms with E-state index < -0.39 is 0 Å². The van der Waals surface area contributed by atoms with E-state index in [1.54, 1.807) is 0 Å². The van der Waals surface area contributed by atoms with Gasteiger partial charge in [-0.15, -0.1) is 11.3 Å². The summed E-state index contributed by atoms with van der Waals surface area (Å²) < 4.78 is 0. The first-order valence-corrected chi connectivity index (χ1v) is 11.3. The van der Waals surface area contributed by atoms with Crippen LogP contribution >= 0.6 is 11.3 Å². The second kappa shape index (κ2) is 7.85. The number of hydrogen-bond donors (Lipinski definition) is 3. The van der Waals surface area contributed by atoms with E-state index in [0.29, 0.717) is 10.6 Å². The number of hydrogen-bond acceptors (Lipinski definition) is 7. The lowest BCUT2D eigenvalue weighted by atomic mass is 9.91. The molecule has 1 saturated heterocycles. The summed E-state index contributed by atoms with van der Waals surface area (Å²) in [6, 6.07) is 6.22. The lowest BCUT2D eigenvalue weighted by Crippen LogP contribution is -2.43. The van der Waals surface area contributed by atoms with Gasteiger partial charge >= 0.3 is 0 Å². The van der Waals surface area contributed by atoms with E-state index in [4.69, 9.17) is 10.7 Å². The quantitative estimate of drug-likeness (QED) is 0.599. The van der Waals surface area contributed by atoms with E-state index in [1.807, 2.05) is 25.3 Å². The van der Waals surface area contributed by atoms with Crippen LogP contribution in [0.1, 0.15) is 33.0 Å². The second-order valence-corrected chi connectivity index (χ2v) is 9.10. The number of carbonyl (C=O) groups excluding carboxylic acids is 1. The van der Waals surface area contributed by atoms with Crippen molar-refractivity contribution >= 4 is 38.8 Å². The molecule has 0 aromatic carbocycles. The molecule has 8 heteroatoms. The molecule has 1 fully saturated rings. The van der Waals surface area contributed by atoms with Crippen molar-refractivity contribution in [3.05, 3.63) is 46.2 Å². The van der Waals surface area contributed by atoms with Gasteiger partial charge in [-0.05, 0) is 43.5 Å². The SMILES string of the molecule is Cc1ccc2c(N)c(C(=O)N[C@H]3CCc4cc(N5CCNCC5)cnc4C3)sc2n1. The Labute approximate surface area is 179 Å². The molecule has 4 N–H and O–H groups in total. The summed E-state index contributed by atoms with van der Waals surface area (Å²) in [7, 11) is 0. The number of aromatic nitrogens is 2. The van der Waals surface area contributed by atoms with Gasteiger partial charge in [0.25, 0.3) is 5.91 Å². The molecule has 0 unspecified atom stereocenters. The van der Waals surface area contributed by atoms with Gasteiger partial charge in [-0.25, -0.2) is 4.98 Å². The number of nitrogens with one attached hydrogen (secondary N) is 2. The Morgan fingerprint density at radius 2 is 2.17 bits per heavy atom. The average molecular weight is 423 g/mol. The van der Waals surface area contributed by atoms with E-state index in [9.17, 15) is 4.79 Å². The van der Waals surface area contributed by atoms with Crippen LogP contribution in [0.15, 0.2) is 24.4 Å². The average Bonchev–Trinajstić information content (AvgIpc) is 3.09. The minimum Gasteiger partial charge on any atom is -0.397 e. The first kappa shape index (κ1) is 19.3. The molecule has 1 aliphatic carbocycles. The molecule has 1 aliphatic heterocycles. The van der Waals surface area contributed by atoms with E-state index in [2.05, 4.69) is 26.6 Å². The molecule has 0 bridgehead atoms. The van der Waals surface area contributed by atoms with Gasteiger partial charge in [0, 0.05) is 55.4 Å². The predicted molar refractivity (Wildman–Crippen MR) is 121 cm³/mol. The number of amides is 1. The number of anilines is 2. The monoisotopic (exact) mass is 422 g/mol. The van der Waals surface area contributed by atoms with Gasteiger partial charge in [0.15, 0.2) is 0 Å². The third-order valence-corrected chi connectivity index (χ3v) is 7.12. The molecule has 5 rings (SSSR count). The predicted octanol–water partition coefficient (Wildman–Crippen LogP) is 2.28. The Bertz CT molecular complexity index is 1100. The highest BCUT2D eigenvalue weighted by molar-refractivity contribution is 7.21. The van der Waals surface area contributed by atoms with Crippen molar-refractivity contribution in [2.24, 2.45) is 0 Å². The van der Waals surface area contributed by atoms with Gasteiger partial charge in [-0.3, -0.25) is 9.78 Å². The molecule has 3 aromatic rings. The van der Waals surface area contributed by atoms with Crippen LogP contribution in [0, 0.1) is 6.92 Å². The highest BCUT2D eigenvalue weighted by Crippen LogP contribution is 2.33. The Balaban J connectivity index is 1.29. The first-order valence-electron chi connectivity index (χ1n) is 10.5. The van der Waals surface area contributed by atoms with Crippen molar-refractivity contribution in [2.75, 3.05) is 36.8 Å². The third-order valence-electron chi connectivity index (χ3n) is 6.00. The summed E-state index contributed by atoms with van der Waals surface area (Å²) in [4.78, 5) is 25.9. The molecule has 30 heavy (non-hydrogen) atoms. The van der Waals surface area contributed by atoms with E-state index in [0.717, 1.165) is 67.0 Å². The maximum Gasteiger partial charge on any atom is 0.263 e. The highest BCUT2D eigenvalue weighted by atomic mass is 32.1. The van der Waals surface area contributed by atoms with Crippen LogP contribution in [-0.4, -0.2) is 48.1 Å². The maximum atomic E-state index is 12.9. The first-order chi connectivity index (χ1) is 14.6. The Hall–Kier alpha value is -2.71. The summed E-state index contributed by atoms with van der Waals surface area (Å²) in [6.45, 7) is 6.01. The molecule has 2 aliphatic rings. The molecular formula is C22H26N6OS. The molecule has 1 amide bonds. The van der Waals surface area contributed by atoms with Gasteiger partial charge in [0.1, 0.15) is 9.71 Å². The van der Waals surface area contributed by atoms with Crippen molar-refractivity contribution in [1.82, 2.24) is 20.6 Å². The number of nitrogen functional groups attached to an aromatic ring is 1. The normalized spacial score (nSPS) is 19.0. The minimum atomic E-state index is -0.112. The Morgan fingerprint density at radius 3 is 3.00 bits per heavy atom. The Morgan fingerprint density at radius 1 is 1.33 bits per heavy atom. The fourth-order valence-corrected chi connectivity index (χ4v) is 5.36. The van der Waals surface area contributed by atoms with Crippen LogP contribution in [0.4, 0.5) is 11.4 Å². The third kappa shape index (κ3) is 3.61. The standard InChI is InChI=1S/C22H26N6OS/c1-13-2-5-17-19(23)20(30-22(17)26-13)21(29)27-15-4-3-14-10-16(12-25-18(14)11-15)28-8-6-24-7-9-28/h2,5,10,12,15,24H,3-4,6-9,11,23H2,1H3,(H,27,29)/t15-/m0/s1. The van der Waals surface area contributed by atoms with E-state index >= 15 is 0 Å². The van der Waals surface area contributed by atoms with Gasteiger partial charge in [-0.1, -0.05) is 0 Å². The molecule has 0 saturated carbocycles. The molecule has 4 heterocycles. The fourth-order valence-electron chi connectivity index (χ4n) is 4.32. The van der Waals surface area contributed by atoms with Crippen LogP contribution in [-0.2, 0) is 12.8 Å².